The maximum atomic E-state index is 12.3. The lowest BCUT2D eigenvalue weighted by Crippen LogP contribution is -2.29. The first-order valence-corrected chi connectivity index (χ1v) is 20.9. The van der Waals surface area contributed by atoms with Crippen LogP contribution in [0.25, 0.3) is 0 Å². The first-order chi connectivity index (χ1) is 24.8. The molecule has 0 aliphatic heterocycles. The second kappa shape index (κ2) is 37.0. The van der Waals surface area contributed by atoms with Gasteiger partial charge in [-0.05, 0) is 77.0 Å². The summed E-state index contributed by atoms with van der Waals surface area (Å²) in [5, 5.41) is 0. The molecule has 0 fully saturated rings. The van der Waals surface area contributed by atoms with Crippen molar-refractivity contribution in [2.45, 2.75) is 155 Å². The minimum absolute atomic E-state index is 0.0807. The van der Waals surface area contributed by atoms with Crippen molar-refractivity contribution in [2.75, 3.05) is 13.2 Å². The molecule has 0 aromatic heterocycles. The van der Waals surface area contributed by atoms with Gasteiger partial charge in [-0.1, -0.05) is 144 Å². The van der Waals surface area contributed by atoms with Crippen LogP contribution < -0.4 is 0 Å². The Labute approximate surface area is 310 Å². The molecule has 0 rings (SSSR count). The zero-order valence-electron chi connectivity index (χ0n) is 31.7. The van der Waals surface area contributed by atoms with Crippen molar-refractivity contribution >= 4 is 19.8 Å². The Hall–Kier alpha value is -2.77. The van der Waals surface area contributed by atoms with Crippen molar-refractivity contribution in [3.8, 4) is 0 Å². The molecule has 2 N–H and O–H groups in total. The van der Waals surface area contributed by atoms with Crippen LogP contribution in [0, 0.1) is 0 Å². The monoisotopic (exact) mass is 732 g/mol. The topological polar surface area (TPSA) is 119 Å². The first-order valence-electron chi connectivity index (χ1n) is 19.4. The van der Waals surface area contributed by atoms with Crippen LogP contribution in [0.1, 0.15) is 149 Å². The van der Waals surface area contributed by atoms with Gasteiger partial charge < -0.3 is 19.3 Å². The fraction of sp³-hybridized carbons (Fsp3) is 0.619. The second-order valence-electron chi connectivity index (χ2n) is 12.5. The van der Waals surface area contributed by atoms with Gasteiger partial charge in [-0.2, -0.15) is 0 Å². The number of allylic oxidation sites excluding steroid dienone is 14. The number of phosphoric ester groups is 1. The molecule has 0 amide bonds. The van der Waals surface area contributed by atoms with E-state index in [4.69, 9.17) is 19.3 Å². The molecule has 0 saturated carbocycles. The van der Waals surface area contributed by atoms with Crippen molar-refractivity contribution in [3.05, 3.63) is 85.1 Å². The van der Waals surface area contributed by atoms with E-state index in [2.05, 4.69) is 91.3 Å². The molecule has 8 nitrogen and oxygen atoms in total. The summed E-state index contributed by atoms with van der Waals surface area (Å²) in [6.45, 7) is 3.52. The Morgan fingerprint density at radius 2 is 0.941 bits per heavy atom. The van der Waals surface area contributed by atoms with Crippen LogP contribution >= 0.6 is 7.82 Å². The molecule has 9 heteroatoms. The number of phosphoric acid groups is 1. The SMILES string of the molecule is CCCC/C=C/C/C=C/CCCCCCCC(=O)OC[C@H](COP(=O)(O)O)OC(=O)CC/C=C/C/C=C/C/C=C/C/C=C/C/C=C/CCCCC. The summed E-state index contributed by atoms with van der Waals surface area (Å²) in [6, 6.07) is 0. The summed E-state index contributed by atoms with van der Waals surface area (Å²) >= 11 is 0. The van der Waals surface area contributed by atoms with Gasteiger partial charge in [0, 0.05) is 12.8 Å². The molecule has 290 valence electrons. The van der Waals surface area contributed by atoms with Crippen LogP contribution in [0.15, 0.2) is 85.1 Å². The highest BCUT2D eigenvalue weighted by atomic mass is 31.2. The van der Waals surface area contributed by atoms with Gasteiger partial charge in [-0.25, -0.2) is 4.57 Å². The molecule has 1 atom stereocenters. The zero-order chi connectivity index (χ0) is 37.5. The molecular formula is C42H69O8P. The average Bonchev–Trinajstić information content (AvgIpc) is 3.10. The summed E-state index contributed by atoms with van der Waals surface area (Å²) in [7, 11) is -4.78. The number of ether oxygens (including phenoxy) is 2. The third-order valence-electron chi connectivity index (χ3n) is 7.65. The van der Waals surface area contributed by atoms with Gasteiger partial charge in [0.1, 0.15) is 6.61 Å². The van der Waals surface area contributed by atoms with Gasteiger partial charge in [0.15, 0.2) is 6.10 Å². The van der Waals surface area contributed by atoms with Crippen molar-refractivity contribution in [3.63, 3.8) is 0 Å². The van der Waals surface area contributed by atoms with E-state index in [9.17, 15) is 14.2 Å². The van der Waals surface area contributed by atoms with Crippen molar-refractivity contribution in [2.24, 2.45) is 0 Å². The van der Waals surface area contributed by atoms with E-state index in [1.807, 2.05) is 12.2 Å². The van der Waals surface area contributed by atoms with Gasteiger partial charge >= 0.3 is 19.8 Å². The Balaban J connectivity index is 4.14. The standard InChI is InChI=1S/C42H69O8P/c1-3-5-7-9-11-13-15-17-19-20-21-22-23-25-27-29-31-33-35-37-42(44)50-40(39-49-51(45,46)47)38-48-41(43)36-34-32-30-28-26-24-18-16-14-12-10-8-6-4-2/h10-13,16-19,21-22,25,27,31,33,40H,3-9,14-15,20,23-24,26,28-30,32,34-39H2,1-2H3,(H2,45,46,47)/b12-10+,13-11+,18-16+,19-17+,22-21+,27-25+,33-31+/t40-/m1/s1. The third kappa shape index (κ3) is 39.9. The molecule has 0 unspecified atom stereocenters. The lowest BCUT2D eigenvalue weighted by atomic mass is 10.1. The van der Waals surface area contributed by atoms with Gasteiger partial charge in [-0.3, -0.25) is 14.1 Å². The predicted octanol–water partition coefficient (Wildman–Crippen LogP) is 11.7. The molecule has 0 saturated heterocycles. The van der Waals surface area contributed by atoms with Crippen LogP contribution in [0.3, 0.4) is 0 Å². The van der Waals surface area contributed by atoms with Gasteiger partial charge in [0.25, 0.3) is 0 Å². The lowest BCUT2D eigenvalue weighted by Gasteiger charge is -2.18. The van der Waals surface area contributed by atoms with Crippen molar-refractivity contribution in [1.82, 2.24) is 0 Å². The maximum Gasteiger partial charge on any atom is 0.469 e. The highest BCUT2D eigenvalue weighted by molar-refractivity contribution is 7.46. The Morgan fingerprint density at radius 3 is 1.45 bits per heavy atom. The van der Waals surface area contributed by atoms with Crippen LogP contribution in [0.4, 0.5) is 0 Å². The average molecular weight is 733 g/mol. The van der Waals surface area contributed by atoms with E-state index in [-0.39, 0.29) is 19.4 Å². The molecule has 0 aromatic carbocycles. The summed E-state index contributed by atoms with van der Waals surface area (Å²) in [4.78, 5) is 42.7. The fourth-order valence-corrected chi connectivity index (χ4v) is 5.08. The molecule has 0 aromatic rings. The van der Waals surface area contributed by atoms with E-state index in [1.54, 1.807) is 0 Å². The largest absolute Gasteiger partial charge is 0.469 e. The Bertz CT molecular complexity index is 1100. The van der Waals surface area contributed by atoms with Gasteiger partial charge in [-0.15, -0.1) is 0 Å². The highest BCUT2D eigenvalue weighted by Gasteiger charge is 2.22. The number of unbranched alkanes of at least 4 members (excludes halogenated alkanes) is 10. The van der Waals surface area contributed by atoms with E-state index < -0.39 is 32.5 Å². The quantitative estimate of drug-likeness (QED) is 0.0290. The van der Waals surface area contributed by atoms with Crippen molar-refractivity contribution < 1.29 is 37.9 Å². The normalized spacial score (nSPS) is 13.4. The molecule has 0 spiro atoms. The maximum absolute atomic E-state index is 12.3. The van der Waals surface area contributed by atoms with Gasteiger partial charge in [0.05, 0.1) is 6.61 Å². The summed E-state index contributed by atoms with van der Waals surface area (Å²) in [5.41, 5.74) is 0. The molecule has 0 aliphatic carbocycles. The van der Waals surface area contributed by atoms with E-state index >= 15 is 0 Å². The van der Waals surface area contributed by atoms with Gasteiger partial charge in [0.2, 0.25) is 0 Å². The van der Waals surface area contributed by atoms with Crippen molar-refractivity contribution in [1.29, 1.82) is 0 Å². The summed E-state index contributed by atoms with van der Waals surface area (Å²) in [5.74, 6) is -1.01. The molecule has 51 heavy (non-hydrogen) atoms. The minimum Gasteiger partial charge on any atom is -0.462 e. The molecule has 0 heterocycles. The molecule has 0 aliphatic rings. The Kier molecular flexibility index (Phi) is 35.0. The zero-order valence-corrected chi connectivity index (χ0v) is 32.6. The van der Waals surface area contributed by atoms with Crippen LogP contribution in [-0.4, -0.2) is 41.0 Å². The molecule has 0 radical (unpaired) electrons. The van der Waals surface area contributed by atoms with Crippen LogP contribution in [0.2, 0.25) is 0 Å². The number of carbonyl (C=O) groups is 2. The minimum atomic E-state index is -4.78. The van der Waals surface area contributed by atoms with E-state index in [0.29, 0.717) is 12.8 Å². The number of carbonyl (C=O) groups excluding carboxylic acids is 2. The summed E-state index contributed by atoms with van der Waals surface area (Å²) < 4.78 is 26.2. The second-order valence-corrected chi connectivity index (χ2v) is 13.8. The van der Waals surface area contributed by atoms with Crippen LogP contribution in [0.5, 0.6) is 0 Å². The third-order valence-corrected chi connectivity index (χ3v) is 8.14. The number of esters is 2. The smallest absolute Gasteiger partial charge is 0.462 e. The molecular weight excluding hydrogens is 663 g/mol. The first kappa shape index (κ1) is 48.2. The number of hydrogen-bond donors (Lipinski definition) is 2. The lowest BCUT2D eigenvalue weighted by molar-refractivity contribution is -0.161. The Morgan fingerprint density at radius 1 is 0.510 bits per heavy atom. The fourth-order valence-electron chi connectivity index (χ4n) is 4.72. The molecule has 0 bridgehead atoms. The summed E-state index contributed by atoms with van der Waals surface area (Å²) in [6.07, 6.45) is 48.8. The van der Waals surface area contributed by atoms with Crippen LogP contribution in [-0.2, 0) is 28.2 Å². The predicted molar refractivity (Wildman–Crippen MR) is 211 cm³/mol. The highest BCUT2D eigenvalue weighted by Crippen LogP contribution is 2.35. The number of rotatable bonds is 34. The number of hydrogen-bond acceptors (Lipinski definition) is 6. The van der Waals surface area contributed by atoms with E-state index in [1.165, 1.54) is 38.5 Å². The van der Waals surface area contributed by atoms with E-state index in [0.717, 1.165) is 70.6 Å².